The van der Waals surface area contributed by atoms with Crippen molar-refractivity contribution >= 4 is 12.4 Å². The van der Waals surface area contributed by atoms with E-state index in [4.69, 9.17) is 0 Å². The number of nitrogens with one attached hydrogen (secondary N) is 2. The maximum Gasteiger partial charge on any atom is 0.0570 e. The molecule has 0 aromatic carbocycles. The molecule has 2 heterocycles. The van der Waals surface area contributed by atoms with Gasteiger partial charge in [0.05, 0.1) is 5.69 Å². The third-order valence-corrected chi connectivity index (χ3v) is 2.91. The van der Waals surface area contributed by atoms with Crippen LogP contribution < -0.4 is 10.6 Å². The summed E-state index contributed by atoms with van der Waals surface area (Å²) in [6.45, 7) is 4.42. The Kier molecular flexibility index (Phi) is 5.74. The van der Waals surface area contributed by atoms with Crippen LogP contribution in [-0.4, -0.2) is 24.1 Å². The van der Waals surface area contributed by atoms with Gasteiger partial charge in [-0.3, -0.25) is 4.98 Å². The van der Waals surface area contributed by atoms with Gasteiger partial charge in [0.1, 0.15) is 0 Å². The monoisotopic (exact) mass is 241 g/mol. The third-order valence-electron chi connectivity index (χ3n) is 2.91. The summed E-state index contributed by atoms with van der Waals surface area (Å²) in [5.74, 6) is 0. The Balaban J connectivity index is 0.00000128. The Bertz CT molecular complexity index is 286. The van der Waals surface area contributed by atoms with Crippen molar-refractivity contribution in [3.63, 3.8) is 0 Å². The van der Waals surface area contributed by atoms with Crippen LogP contribution in [0.1, 0.15) is 31.5 Å². The van der Waals surface area contributed by atoms with E-state index in [-0.39, 0.29) is 12.4 Å². The summed E-state index contributed by atoms with van der Waals surface area (Å²) in [6, 6.07) is 7.01. The highest BCUT2D eigenvalue weighted by molar-refractivity contribution is 5.85. The van der Waals surface area contributed by atoms with Crippen molar-refractivity contribution in [3.8, 4) is 0 Å². The Hall–Kier alpha value is -0.640. The third kappa shape index (κ3) is 3.74. The molecule has 2 atom stereocenters. The van der Waals surface area contributed by atoms with E-state index >= 15 is 0 Å². The van der Waals surface area contributed by atoms with Gasteiger partial charge in [0.2, 0.25) is 0 Å². The maximum atomic E-state index is 4.36. The largest absolute Gasteiger partial charge is 0.315 e. The molecular formula is C12H20ClN3. The minimum absolute atomic E-state index is 0. The number of hydrogen-bond donors (Lipinski definition) is 2. The SMILES string of the molecule is CC(NC1CCCNC1)c1ccccn1.Cl. The van der Waals surface area contributed by atoms with Crippen molar-refractivity contribution in [2.75, 3.05) is 13.1 Å². The lowest BCUT2D eigenvalue weighted by Gasteiger charge is -2.27. The standard InChI is InChI=1S/C12H19N3.ClH/c1-10(12-6-2-3-8-14-12)15-11-5-4-7-13-9-11;/h2-3,6,8,10-11,13,15H,4-5,7,9H2,1H3;1H. The van der Waals surface area contributed by atoms with Gasteiger partial charge in [-0.15, -0.1) is 12.4 Å². The van der Waals surface area contributed by atoms with Crippen LogP contribution in [-0.2, 0) is 0 Å². The molecule has 4 heteroatoms. The van der Waals surface area contributed by atoms with E-state index in [1.807, 2.05) is 18.3 Å². The number of nitrogens with zero attached hydrogens (tertiary/aromatic N) is 1. The smallest absolute Gasteiger partial charge is 0.0570 e. The van der Waals surface area contributed by atoms with Gasteiger partial charge < -0.3 is 10.6 Å². The van der Waals surface area contributed by atoms with Crippen LogP contribution in [0.4, 0.5) is 0 Å². The van der Waals surface area contributed by atoms with Crippen molar-refractivity contribution in [1.29, 1.82) is 0 Å². The zero-order valence-electron chi connectivity index (χ0n) is 9.65. The Morgan fingerprint density at radius 3 is 3.00 bits per heavy atom. The number of pyridine rings is 1. The highest BCUT2D eigenvalue weighted by atomic mass is 35.5. The Morgan fingerprint density at radius 1 is 1.50 bits per heavy atom. The molecule has 90 valence electrons. The van der Waals surface area contributed by atoms with Crippen LogP contribution in [0, 0.1) is 0 Å². The molecule has 0 spiro atoms. The van der Waals surface area contributed by atoms with Crippen LogP contribution in [0.3, 0.4) is 0 Å². The van der Waals surface area contributed by atoms with Crippen molar-refractivity contribution in [3.05, 3.63) is 30.1 Å². The second-order valence-corrected chi connectivity index (χ2v) is 4.19. The highest BCUT2D eigenvalue weighted by Crippen LogP contribution is 2.11. The fraction of sp³-hybridized carbons (Fsp3) is 0.583. The molecule has 16 heavy (non-hydrogen) atoms. The molecule has 0 bridgehead atoms. The fourth-order valence-electron chi connectivity index (χ4n) is 2.07. The molecule has 2 unspecified atom stereocenters. The first kappa shape index (κ1) is 13.4. The lowest BCUT2D eigenvalue weighted by atomic mass is 10.1. The van der Waals surface area contributed by atoms with E-state index in [9.17, 15) is 0 Å². The number of piperidine rings is 1. The van der Waals surface area contributed by atoms with Crippen LogP contribution in [0.2, 0.25) is 0 Å². The van der Waals surface area contributed by atoms with E-state index in [2.05, 4.69) is 28.6 Å². The highest BCUT2D eigenvalue weighted by Gasteiger charge is 2.16. The summed E-state index contributed by atoms with van der Waals surface area (Å²) in [4.78, 5) is 4.36. The summed E-state index contributed by atoms with van der Waals surface area (Å²) >= 11 is 0. The van der Waals surface area contributed by atoms with Crippen molar-refractivity contribution < 1.29 is 0 Å². The van der Waals surface area contributed by atoms with Crippen molar-refractivity contribution in [2.24, 2.45) is 0 Å². The topological polar surface area (TPSA) is 37.0 Å². The predicted molar refractivity (Wildman–Crippen MR) is 68.9 cm³/mol. The van der Waals surface area contributed by atoms with Crippen LogP contribution in [0.25, 0.3) is 0 Å². The van der Waals surface area contributed by atoms with Gasteiger partial charge in [0.15, 0.2) is 0 Å². The number of aromatic nitrogens is 1. The van der Waals surface area contributed by atoms with Gasteiger partial charge in [-0.2, -0.15) is 0 Å². The molecule has 1 aromatic rings. The summed E-state index contributed by atoms with van der Waals surface area (Å²) in [5, 5.41) is 7.02. The minimum Gasteiger partial charge on any atom is -0.315 e. The van der Waals surface area contributed by atoms with Gasteiger partial charge in [-0.25, -0.2) is 0 Å². The van der Waals surface area contributed by atoms with Gasteiger partial charge in [0.25, 0.3) is 0 Å². The van der Waals surface area contributed by atoms with Gasteiger partial charge in [-0.1, -0.05) is 6.07 Å². The summed E-state index contributed by atoms with van der Waals surface area (Å²) < 4.78 is 0. The first-order chi connectivity index (χ1) is 7.36. The number of hydrogen-bond acceptors (Lipinski definition) is 3. The fourth-order valence-corrected chi connectivity index (χ4v) is 2.07. The van der Waals surface area contributed by atoms with Crippen LogP contribution in [0.5, 0.6) is 0 Å². The number of halogens is 1. The Morgan fingerprint density at radius 2 is 2.38 bits per heavy atom. The zero-order chi connectivity index (χ0) is 10.5. The molecule has 1 saturated heterocycles. The zero-order valence-corrected chi connectivity index (χ0v) is 10.5. The molecular weight excluding hydrogens is 222 g/mol. The normalized spacial score (nSPS) is 22.2. The second kappa shape index (κ2) is 6.84. The van der Waals surface area contributed by atoms with E-state index in [0.717, 1.165) is 18.8 Å². The molecule has 0 amide bonds. The summed E-state index contributed by atoms with van der Waals surface area (Å²) in [6.07, 6.45) is 4.39. The van der Waals surface area contributed by atoms with E-state index < -0.39 is 0 Å². The first-order valence-corrected chi connectivity index (χ1v) is 5.74. The molecule has 1 aliphatic heterocycles. The van der Waals surface area contributed by atoms with Gasteiger partial charge >= 0.3 is 0 Å². The minimum atomic E-state index is 0. The molecule has 3 nitrogen and oxygen atoms in total. The summed E-state index contributed by atoms with van der Waals surface area (Å²) in [7, 11) is 0. The van der Waals surface area contributed by atoms with E-state index in [1.54, 1.807) is 0 Å². The molecule has 0 aliphatic carbocycles. The molecule has 0 radical (unpaired) electrons. The first-order valence-electron chi connectivity index (χ1n) is 5.74. The second-order valence-electron chi connectivity index (χ2n) is 4.19. The molecule has 1 aromatic heterocycles. The van der Waals surface area contributed by atoms with Crippen molar-refractivity contribution in [2.45, 2.75) is 31.8 Å². The lowest BCUT2D eigenvalue weighted by molar-refractivity contribution is 0.359. The summed E-state index contributed by atoms with van der Waals surface area (Å²) in [5.41, 5.74) is 1.13. The van der Waals surface area contributed by atoms with Gasteiger partial charge in [0, 0.05) is 24.8 Å². The molecule has 2 rings (SSSR count). The average molecular weight is 242 g/mol. The average Bonchev–Trinajstić information content (AvgIpc) is 2.31. The quantitative estimate of drug-likeness (QED) is 0.849. The molecule has 2 N–H and O–H groups in total. The van der Waals surface area contributed by atoms with Crippen LogP contribution in [0.15, 0.2) is 24.4 Å². The van der Waals surface area contributed by atoms with E-state index in [0.29, 0.717) is 12.1 Å². The van der Waals surface area contributed by atoms with Crippen molar-refractivity contribution in [1.82, 2.24) is 15.6 Å². The maximum absolute atomic E-state index is 4.36. The predicted octanol–water partition coefficient (Wildman–Crippen LogP) is 1.91. The lowest BCUT2D eigenvalue weighted by Crippen LogP contribution is -2.44. The van der Waals surface area contributed by atoms with E-state index in [1.165, 1.54) is 12.8 Å². The molecule has 1 fully saturated rings. The molecule has 0 saturated carbocycles. The number of rotatable bonds is 3. The Labute approximate surface area is 103 Å². The molecule has 1 aliphatic rings. The van der Waals surface area contributed by atoms with Gasteiger partial charge in [-0.05, 0) is 38.4 Å². The van der Waals surface area contributed by atoms with Crippen LogP contribution >= 0.6 is 12.4 Å².